The Balaban J connectivity index is 1.45. The number of aliphatic hydroxyl groups is 16. The average Bonchev–Trinajstić information content (AvgIpc) is 3.32. The van der Waals surface area contributed by atoms with Gasteiger partial charge in [0.05, 0.1) is 38.6 Å². The molecule has 0 radical (unpaired) electrons. The highest BCUT2D eigenvalue weighted by molar-refractivity contribution is 5.73. The van der Waals surface area contributed by atoms with E-state index in [0.29, 0.717) is 0 Å². The van der Waals surface area contributed by atoms with Gasteiger partial charge in [0.25, 0.3) is 0 Å². The summed E-state index contributed by atoms with van der Waals surface area (Å²) in [5.74, 6) is -1.55. The highest BCUT2D eigenvalue weighted by Crippen LogP contribution is 2.38. The molecule has 0 aromatic rings. The first-order valence-electron chi connectivity index (χ1n) is 22.8. The topological polar surface area (TPSA) is 483 Å². The number of hydrogen-bond acceptors (Lipinski definition) is 29. The number of hydrogen-bond donors (Lipinski definition) is 18. The molecule has 30 atom stereocenters. The van der Waals surface area contributed by atoms with Crippen LogP contribution in [0.5, 0.6) is 0 Å². The van der Waals surface area contributed by atoms with Gasteiger partial charge in [-0.05, 0) is 13.8 Å². The number of rotatable bonds is 16. The molecule has 0 aromatic heterocycles. The molecule has 18 N–H and O–H groups in total. The van der Waals surface area contributed by atoms with E-state index in [9.17, 15) is 91.3 Å². The Morgan fingerprint density at radius 2 is 0.803 bits per heavy atom. The summed E-state index contributed by atoms with van der Waals surface area (Å²) < 4.78 is 64.8. The first-order chi connectivity index (χ1) is 33.4. The fourth-order valence-electron chi connectivity index (χ4n) is 9.06. The molecule has 412 valence electrons. The lowest BCUT2D eigenvalue weighted by Crippen LogP contribution is -2.70. The van der Waals surface area contributed by atoms with Gasteiger partial charge in [-0.15, -0.1) is 0 Å². The van der Waals surface area contributed by atoms with E-state index in [4.69, 9.17) is 52.1 Å². The van der Waals surface area contributed by atoms with Gasteiger partial charge in [0.1, 0.15) is 134 Å². The third kappa shape index (κ3) is 12.6. The Bertz CT molecular complexity index is 1710. The fraction of sp³-hybridized carbons (Fsp3) is 0.950. The predicted octanol–water partition coefficient (Wildman–Crippen LogP) is -11.8. The van der Waals surface area contributed by atoms with Gasteiger partial charge in [0.15, 0.2) is 37.7 Å². The quantitative estimate of drug-likeness (QED) is 0.0682. The molecule has 6 heterocycles. The van der Waals surface area contributed by atoms with Gasteiger partial charge >= 0.3 is 0 Å². The van der Waals surface area contributed by atoms with Crippen LogP contribution in [0.4, 0.5) is 0 Å². The van der Waals surface area contributed by atoms with Crippen molar-refractivity contribution >= 4 is 11.8 Å². The molecule has 0 aliphatic carbocycles. The van der Waals surface area contributed by atoms with E-state index >= 15 is 0 Å². The first-order valence-corrected chi connectivity index (χ1v) is 22.8. The van der Waals surface area contributed by atoms with Crippen LogP contribution in [-0.4, -0.2) is 304 Å². The molecular weight excluding hydrogens is 972 g/mol. The molecule has 6 aliphatic heterocycles. The van der Waals surface area contributed by atoms with Crippen molar-refractivity contribution in [2.24, 2.45) is 0 Å². The summed E-state index contributed by atoms with van der Waals surface area (Å²) in [5.41, 5.74) is 0. The van der Waals surface area contributed by atoms with Crippen molar-refractivity contribution < 1.29 is 143 Å². The van der Waals surface area contributed by atoms with E-state index in [1.54, 1.807) is 0 Å². The summed E-state index contributed by atoms with van der Waals surface area (Å²) in [5, 5.41) is 178. The minimum atomic E-state index is -2.21. The Morgan fingerprint density at radius 3 is 1.32 bits per heavy atom. The molecule has 31 nitrogen and oxygen atoms in total. The van der Waals surface area contributed by atoms with Crippen LogP contribution in [0, 0.1) is 0 Å². The van der Waals surface area contributed by atoms with Crippen molar-refractivity contribution in [2.45, 2.75) is 212 Å². The number of aliphatic hydroxyl groups excluding tert-OH is 16. The molecule has 0 bridgehead atoms. The lowest BCUT2D eigenvalue weighted by molar-refractivity contribution is -0.411. The lowest BCUT2D eigenvalue weighted by atomic mass is 9.94. The predicted molar refractivity (Wildman–Crippen MR) is 220 cm³/mol. The van der Waals surface area contributed by atoms with E-state index in [1.807, 2.05) is 0 Å². The smallest absolute Gasteiger partial charge is 0.217 e. The minimum Gasteiger partial charge on any atom is -0.394 e. The summed E-state index contributed by atoms with van der Waals surface area (Å²) in [6.07, 6.45) is -52.8. The monoisotopic (exact) mass is 1040 g/mol. The normalized spacial score (nSPS) is 50.8. The van der Waals surface area contributed by atoms with E-state index in [1.165, 1.54) is 13.8 Å². The van der Waals surface area contributed by atoms with Crippen LogP contribution >= 0.6 is 0 Å². The zero-order valence-electron chi connectivity index (χ0n) is 38.6. The van der Waals surface area contributed by atoms with E-state index < -0.39 is 222 Å². The van der Waals surface area contributed by atoms with Gasteiger partial charge in [-0.2, -0.15) is 0 Å². The van der Waals surface area contributed by atoms with Crippen LogP contribution in [-0.2, 0) is 61.7 Å². The molecule has 2 amide bonds. The first kappa shape index (κ1) is 58.1. The second kappa shape index (κ2) is 24.7. The summed E-state index contributed by atoms with van der Waals surface area (Å²) >= 11 is 0. The molecule has 0 spiro atoms. The van der Waals surface area contributed by atoms with Crippen molar-refractivity contribution in [2.75, 3.05) is 26.4 Å². The third-order valence-corrected chi connectivity index (χ3v) is 13.1. The van der Waals surface area contributed by atoms with Crippen molar-refractivity contribution in [3.05, 3.63) is 0 Å². The standard InChI is InChI=1S/C40H68N2O29/c1-9-19(48)26(55)29(58)37(62-9)70-33-28(57)22(51)14(6-44)66-39(33)69-32-24(53)16(8-61-36-17(41-11(3)46)25(54)21(50)13(5-43)65-36)67-40(34(32)71-38-30(59)27(56)20(49)10(2)63-38)68-31-18(42-12(4)47)35(60)64-15(7-45)23(31)52/h9-10,13-40,43-45,48-60H,5-8H2,1-4H3,(H,41,46)(H,42,47)/t9-,10-,13+,14+,15+,16+,17+,18+,19+,20+,21+,22-,23-,24-,25+,26+,27+,28-,29-,30-,31+,32-,33+,34+,35-,36+,37-,38-,39-,40-/m0/s1. The minimum absolute atomic E-state index is 0.744. The Kier molecular flexibility index (Phi) is 20.2. The van der Waals surface area contributed by atoms with Gasteiger partial charge in [-0.3, -0.25) is 9.59 Å². The highest BCUT2D eigenvalue weighted by Gasteiger charge is 2.58. The van der Waals surface area contributed by atoms with Crippen LogP contribution in [0.15, 0.2) is 0 Å². The van der Waals surface area contributed by atoms with E-state index in [-0.39, 0.29) is 0 Å². The Morgan fingerprint density at radius 1 is 0.394 bits per heavy atom. The Hall–Kier alpha value is -2.14. The van der Waals surface area contributed by atoms with E-state index in [2.05, 4.69) is 10.6 Å². The molecule has 0 aromatic carbocycles. The molecule has 6 fully saturated rings. The van der Waals surface area contributed by atoms with Gasteiger partial charge in [-0.25, -0.2) is 0 Å². The maximum atomic E-state index is 12.4. The number of ether oxygens (including phenoxy) is 11. The fourth-order valence-corrected chi connectivity index (χ4v) is 9.06. The van der Waals surface area contributed by atoms with Crippen molar-refractivity contribution in [1.82, 2.24) is 10.6 Å². The maximum absolute atomic E-state index is 12.4. The van der Waals surface area contributed by atoms with Crippen molar-refractivity contribution in [3.63, 3.8) is 0 Å². The van der Waals surface area contributed by atoms with Crippen molar-refractivity contribution in [1.29, 1.82) is 0 Å². The Labute approximate surface area is 403 Å². The second-order valence-electron chi connectivity index (χ2n) is 18.2. The highest BCUT2D eigenvalue weighted by atomic mass is 16.8. The molecule has 0 unspecified atom stereocenters. The zero-order chi connectivity index (χ0) is 52.5. The van der Waals surface area contributed by atoms with Crippen LogP contribution in [0.25, 0.3) is 0 Å². The average molecular weight is 1040 g/mol. The van der Waals surface area contributed by atoms with E-state index in [0.717, 1.165) is 13.8 Å². The second-order valence-corrected chi connectivity index (χ2v) is 18.2. The summed E-state index contributed by atoms with van der Waals surface area (Å²) in [4.78, 5) is 24.7. The van der Waals surface area contributed by atoms with Gasteiger partial charge in [0, 0.05) is 13.8 Å². The molecule has 6 saturated heterocycles. The number of nitrogens with one attached hydrogen (secondary N) is 2. The summed E-state index contributed by atoms with van der Waals surface area (Å²) in [7, 11) is 0. The molecular formula is C40H68N2O29. The van der Waals surface area contributed by atoms with Crippen LogP contribution in [0.2, 0.25) is 0 Å². The van der Waals surface area contributed by atoms with Gasteiger partial charge < -0.3 is 144 Å². The zero-order valence-corrected chi connectivity index (χ0v) is 38.6. The lowest BCUT2D eigenvalue weighted by Gasteiger charge is -2.51. The van der Waals surface area contributed by atoms with Crippen LogP contribution < -0.4 is 10.6 Å². The SMILES string of the molecule is CC(=O)N[C@@H]1[C@@H](O[C@@H]2O[C@H](CO[C@@H]3O[C@H](CO)[C@@H](O)[C@H](O)[C@H]3NC(C)=O)[C@H](O)[C@H](O[C@@H]3O[C@H](CO)[C@H](O)[C@H](O)[C@H]3O[C@@H]3O[C@@H](C)[C@@H](O)[C@@H](O)[C@@H]3O)[C@H]2O[C@@H]2O[C@@H](C)[C@@H](O)[C@@H](O)[C@@H]2O)[C@@H](O)[C@@H](CO)O[C@@H]1O. The molecule has 6 rings (SSSR count). The number of carbonyl (C=O) groups is 2. The molecule has 31 heteroatoms. The summed E-state index contributed by atoms with van der Waals surface area (Å²) in [6, 6.07) is -3.26. The van der Waals surface area contributed by atoms with Gasteiger partial charge in [-0.1, -0.05) is 0 Å². The number of carbonyl (C=O) groups excluding carboxylic acids is 2. The third-order valence-electron chi connectivity index (χ3n) is 13.1. The van der Waals surface area contributed by atoms with Crippen molar-refractivity contribution in [3.8, 4) is 0 Å². The largest absolute Gasteiger partial charge is 0.394 e. The molecule has 71 heavy (non-hydrogen) atoms. The maximum Gasteiger partial charge on any atom is 0.217 e. The van der Waals surface area contributed by atoms with Crippen LogP contribution in [0.1, 0.15) is 27.7 Å². The summed E-state index contributed by atoms with van der Waals surface area (Å²) in [6.45, 7) is 0.919. The molecule has 0 saturated carbocycles. The van der Waals surface area contributed by atoms with Crippen LogP contribution in [0.3, 0.4) is 0 Å². The van der Waals surface area contributed by atoms with Gasteiger partial charge in [0.2, 0.25) is 11.8 Å². The molecule has 6 aliphatic rings. The number of amides is 2.